The van der Waals surface area contributed by atoms with Crippen molar-refractivity contribution in [3.63, 3.8) is 0 Å². The monoisotopic (exact) mass is 272 g/mol. The fourth-order valence-corrected chi connectivity index (χ4v) is 2.41. The van der Waals surface area contributed by atoms with Crippen LogP contribution in [0.1, 0.15) is 12.5 Å². The minimum absolute atomic E-state index is 0.0377. The quantitative estimate of drug-likeness (QED) is 0.866. The number of aromatic nitrogens is 1. The minimum atomic E-state index is -0.162. The van der Waals surface area contributed by atoms with Crippen LogP contribution in [0.15, 0.2) is 53.6 Å². The average molecular weight is 272 g/mol. The fourth-order valence-electron chi connectivity index (χ4n) is 1.54. The van der Waals surface area contributed by atoms with Crippen molar-refractivity contribution in [1.82, 2.24) is 4.98 Å². The number of hydrogen-bond donors (Lipinski definition) is 1. The Balaban J connectivity index is 1.94. The number of thioether (sulfide) groups is 1. The van der Waals surface area contributed by atoms with Crippen molar-refractivity contribution in [2.24, 2.45) is 0 Å². The number of nitrogens with zero attached hydrogens (tertiary/aromatic N) is 1. The van der Waals surface area contributed by atoms with Gasteiger partial charge in [-0.25, -0.2) is 4.98 Å². The van der Waals surface area contributed by atoms with Crippen molar-refractivity contribution < 1.29 is 4.79 Å². The highest BCUT2D eigenvalue weighted by Gasteiger charge is 2.14. The number of hydrogen-bond acceptors (Lipinski definition) is 3. The summed E-state index contributed by atoms with van der Waals surface area (Å²) in [5, 5.41) is 2.64. The van der Waals surface area contributed by atoms with Gasteiger partial charge in [0.2, 0.25) is 5.91 Å². The molecular formula is C15H16N2OS. The SMILES string of the molecule is Cc1ccc(SC(C)C(=O)Nc2ccccn2)cc1. The maximum Gasteiger partial charge on any atom is 0.238 e. The lowest BCUT2D eigenvalue weighted by Crippen LogP contribution is -2.22. The van der Waals surface area contributed by atoms with E-state index in [9.17, 15) is 4.79 Å². The Morgan fingerprint density at radius 3 is 2.58 bits per heavy atom. The molecule has 1 heterocycles. The van der Waals surface area contributed by atoms with Crippen molar-refractivity contribution in [3.8, 4) is 0 Å². The van der Waals surface area contributed by atoms with Crippen LogP contribution in [0, 0.1) is 6.92 Å². The highest BCUT2D eigenvalue weighted by molar-refractivity contribution is 8.00. The third kappa shape index (κ3) is 4.10. The number of anilines is 1. The van der Waals surface area contributed by atoms with Crippen LogP contribution in [0.2, 0.25) is 0 Å². The van der Waals surface area contributed by atoms with E-state index in [1.807, 2.05) is 50.2 Å². The third-order valence-corrected chi connectivity index (χ3v) is 3.73. The highest BCUT2D eigenvalue weighted by atomic mass is 32.2. The molecule has 3 nitrogen and oxygen atoms in total. The van der Waals surface area contributed by atoms with Gasteiger partial charge in [-0.3, -0.25) is 4.79 Å². The maximum atomic E-state index is 12.0. The Hall–Kier alpha value is -1.81. The van der Waals surface area contributed by atoms with Crippen LogP contribution in [0.5, 0.6) is 0 Å². The van der Waals surface area contributed by atoms with Gasteiger partial charge in [0.15, 0.2) is 0 Å². The van der Waals surface area contributed by atoms with Crippen LogP contribution in [-0.2, 0) is 4.79 Å². The molecule has 0 bridgehead atoms. The van der Waals surface area contributed by atoms with Crippen molar-refractivity contribution in [2.45, 2.75) is 24.0 Å². The maximum absolute atomic E-state index is 12.0. The summed E-state index contributed by atoms with van der Waals surface area (Å²) in [6.45, 7) is 3.94. The normalized spacial score (nSPS) is 11.9. The molecule has 1 N–H and O–H groups in total. The molecule has 19 heavy (non-hydrogen) atoms. The first-order valence-electron chi connectivity index (χ1n) is 6.10. The first kappa shape index (κ1) is 13.6. The van der Waals surface area contributed by atoms with Gasteiger partial charge in [0.05, 0.1) is 5.25 Å². The molecule has 4 heteroatoms. The average Bonchev–Trinajstić information content (AvgIpc) is 2.42. The molecule has 1 aromatic heterocycles. The molecule has 1 atom stereocenters. The predicted molar refractivity (Wildman–Crippen MR) is 79.4 cm³/mol. The van der Waals surface area contributed by atoms with Crippen molar-refractivity contribution in [2.75, 3.05) is 5.32 Å². The molecule has 2 rings (SSSR count). The zero-order valence-electron chi connectivity index (χ0n) is 11.0. The summed E-state index contributed by atoms with van der Waals surface area (Å²) in [5.74, 6) is 0.549. The largest absolute Gasteiger partial charge is 0.310 e. The summed E-state index contributed by atoms with van der Waals surface area (Å²) in [4.78, 5) is 17.2. The number of benzene rings is 1. The minimum Gasteiger partial charge on any atom is -0.310 e. The van der Waals surface area contributed by atoms with E-state index in [0.29, 0.717) is 5.82 Å². The van der Waals surface area contributed by atoms with E-state index in [1.165, 1.54) is 17.3 Å². The Morgan fingerprint density at radius 2 is 1.95 bits per heavy atom. The Labute approximate surface area is 117 Å². The molecule has 1 amide bonds. The third-order valence-electron chi connectivity index (χ3n) is 2.62. The Kier molecular flexibility index (Phi) is 4.58. The lowest BCUT2D eigenvalue weighted by atomic mass is 10.2. The molecule has 0 saturated carbocycles. The molecule has 1 aromatic carbocycles. The van der Waals surface area contributed by atoms with Gasteiger partial charge in [-0.2, -0.15) is 0 Å². The van der Waals surface area contributed by atoms with Gasteiger partial charge in [-0.1, -0.05) is 23.8 Å². The molecular weight excluding hydrogens is 256 g/mol. The van der Waals surface area contributed by atoms with Crippen LogP contribution in [0.3, 0.4) is 0 Å². The number of pyridine rings is 1. The first-order chi connectivity index (χ1) is 9.15. The summed E-state index contributed by atoms with van der Waals surface area (Å²) >= 11 is 1.54. The molecule has 0 radical (unpaired) electrons. The van der Waals surface area contributed by atoms with E-state index in [0.717, 1.165) is 4.90 Å². The van der Waals surface area contributed by atoms with E-state index >= 15 is 0 Å². The topological polar surface area (TPSA) is 42.0 Å². The Morgan fingerprint density at radius 1 is 1.21 bits per heavy atom. The number of carbonyl (C=O) groups is 1. The van der Waals surface area contributed by atoms with Gasteiger partial charge in [-0.15, -0.1) is 11.8 Å². The summed E-state index contributed by atoms with van der Waals surface area (Å²) < 4.78 is 0. The van der Waals surface area contributed by atoms with Crippen LogP contribution in [0.4, 0.5) is 5.82 Å². The second-order valence-corrected chi connectivity index (χ2v) is 5.69. The smallest absolute Gasteiger partial charge is 0.238 e. The van der Waals surface area contributed by atoms with Gasteiger partial charge < -0.3 is 5.32 Å². The fraction of sp³-hybridized carbons (Fsp3) is 0.200. The first-order valence-corrected chi connectivity index (χ1v) is 6.98. The zero-order chi connectivity index (χ0) is 13.7. The molecule has 0 aliphatic carbocycles. The standard InChI is InChI=1S/C15H16N2OS/c1-11-6-8-13(9-7-11)19-12(2)15(18)17-14-5-3-4-10-16-14/h3-10,12H,1-2H3,(H,16,17,18). The highest BCUT2D eigenvalue weighted by Crippen LogP contribution is 2.24. The number of carbonyl (C=O) groups excluding carboxylic acids is 1. The number of nitrogens with one attached hydrogen (secondary N) is 1. The summed E-state index contributed by atoms with van der Waals surface area (Å²) in [5.41, 5.74) is 1.22. The number of aryl methyl sites for hydroxylation is 1. The Bertz CT molecular complexity index is 540. The van der Waals surface area contributed by atoms with Crippen LogP contribution in [0.25, 0.3) is 0 Å². The predicted octanol–water partition coefficient (Wildman–Crippen LogP) is 3.51. The molecule has 0 fully saturated rings. The summed E-state index contributed by atoms with van der Waals surface area (Å²) in [6, 6.07) is 13.6. The van der Waals surface area contributed by atoms with Crippen molar-refractivity contribution >= 4 is 23.5 Å². The molecule has 0 spiro atoms. The molecule has 0 aliphatic rings. The molecule has 0 saturated heterocycles. The second kappa shape index (κ2) is 6.38. The van der Waals surface area contributed by atoms with Gasteiger partial charge in [0, 0.05) is 11.1 Å². The summed E-state index contributed by atoms with van der Waals surface area (Å²) in [6.07, 6.45) is 1.66. The van der Waals surface area contributed by atoms with E-state index in [2.05, 4.69) is 10.3 Å². The number of amides is 1. The van der Waals surface area contributed by atoms with Gasteiger partial charge >= 0.3 is 0 Å². The second-order valence-electron chi connectivity index (χ2n) is 4.28. The van der Waals surface area contributed by atoms with E-state index in [1.54, 1.807) is 12.3 Å². The lowest BCUT2D eigenvalue weighted by Gasteiger charge is -2.11. The molecule has 2 aromatic rings. The van der Waals surface area contributed by atoms with Gasteiger partial charge in [-0.05, 0) is 38.1 Å². The van der Waals surface area contributed by atoms with Crippen LogP contribution >= 0.6 is 11.8 Å². The number of rotatable bonds is 4. The lowest BCUT2D eigenvalue weighted by molar-refractivity contribution is -0.115. The van der Waals surface area contributed by atoms with Crippen molar-refractivity contribution in [3.05, 3.63) is 54.2 Å². The zero-order valence-corrected chi connectivity index (χ0v) is 11.8. The van der Waals surface area contributed by atoms with Crippen LogP contribution < -0.4 is 5.32 Å². The van der Waals surface area contributed by atoms with Crippen LogP contribution in [-0.4, -0.2) is 16.1 Å². The van der Waals surface area contributed by atoms with E-state index in [-0.39, 0.29) is 11.2 Å². The summed E-state index contributed by atoms with van der Waals surface area (Å²) in [7, 11) is 0. The van der Waals surface area contributed by atoms with Gasteiger partial charge in [0.1, 0.15) is 5.82 Å². The molecule has 98 valence electrons. The molecule has 0 aliphatic heterocycles. The van der Waals surface area contributed by atoms with E-state index < -0.39 is 0 Å². The van der Waals surface area contributed by atoms with Gasteiger partial charge in [0.25, 0.3) is 0 Å². The van der Waals surface area contributed by atoms with Crippen molar-refractivity contribution in [1.29, 1.82) is 0 Å². The van der Waals surface area contributed by atoms with E-state index in [4.69, 9.17) is 0 Å². The molecule has 1 unspecified atom stereocenters.